The molecular formula is C20H22N6O2. The molecule has 3 aromatic heterocycles. The van der Waals surface area contributed by atoms with Gasteiger partial charge in [0, 0.05) is 50.7 Å². The number of nitrogens with one attached hydrogen (secondary N) is 1. The van der Waals surface area contributed by atoms with E-state index in [1.54, 1.807) is 13.3 Å². The fourth-order valence-electron chi connectivity index (χ4n) is 3.59. The standard InChI is InChI=1S/C20H22N6O2/c1-12(27)22-17-8-16-15(9-21-17)20(13-6-7-13)24-26(16)19-5-3-4-18(23-19)25-10-14(11-25)28-2/h3-5,8-9,13-14H,6-7,10-11H2,1-2H3,(H,21,22,27). The predicted molar refractivity (Wildman–Crippen MR) is 106 cm³/mol. The number of methoxy groups -OCH3 is 1. The molecule has 0 aromatic carbocycles. The Morgan fingerprint density at radius 1 is 1.25 bits per heavy atom. The van der Waals surface area contributed by atoms with Crippen LogP contribution in [0.1, 0.15) is 31.4 Å². The summed E-state index contributed by atoms with van der Waals surface area (Å²) < 4.78 is 7.23. The topological polar surface area (TPSA) is 85.2 Å². The summed E-state index contributed by atoms with van der Waals surface area (Å²) in [5, 5.41) is 8.65. The van der Waals surface area contributed by atoms with Crippen LogP contribution in [0.2, 0.25) is 0 Å². The highest BCUT2D eigenvalue weighted by Crippen LogP contribution is 2.43. The molecular weight excluding hydrogens is 356 g/mol. The normalized spacial score (nSPS) is 17.0. The molecule has 8 nitrogen and oxygen atoms in total. The van der Waals surface area contributed by atoms with Crippen LogP contribution >= 0.6 is 0 Å². The molecule has 2 aliphatic rings. The van der Waals surface area contributed by atoms with Gasteiger partial charge in [0.2, 0.25) is 5.91 Å². The van der Waals surface area contributed by atoms with E-state index in [-0.39, 0.29) is 12.0 Å². The van der Waals surface area contributed by atoms with Crippen LogP contribution in [0.3, 0.4) is 0 Å². The molecule has 0 radical (unpaired) electrons. The van der Waals surface area contributed by atoms with Crippen molar-refractivity contribution in [2.75, 3.05) is 30.4 Å². The second-order valence-corrected chi connectivity index (χ2v) is 7.46. The molecule has 144 valence electrons. The molecule has 0 bridgehead atoms. The van der Waals surface area contributed by atoms with Crippen LogP contribution in [-0.2, 0) is 9.53 Å². The number of nitrogens with zero attached hydrogens (tertiary/aromatic N) is 5. The molecule has 0 unspecified atom stereocenters. The maximum atomic E-state index is 11.4. The summed E-state index contributed by atoms with van der Waals surface area (Å²) in [6, 6.07) is 7.83. The average Bonchev–Trinajstić information content (AvgIpc) is 3.41. The molecule has 4 heterocycles. The fraction of sp³-hybridized carbons (Fsp3) is 0.400. The monoisotopic (exact) mass is 378 g/mol. The summed E-state index contributed by atoms with van der Waals surface area (Å²) in [7, 11) is 1.74. The highest BCUT2D eigenvalue weighted by molar-refractivity contribution is 5.91. The lowest BCUT2D eigenvalue weighted by Crippen LogP contribution is -2.52. The summed E-state index contributed by atoms with van der Waals surface area (Å²) in [6.45, 7) is 3.16. The van der Waals surface area contributed by atoms with E-state index in [1.165, 1.54) is 6.92 Å². The zero-order chi connectivity index (χ0) is 19.3. The Balaban J connectivity index is 1.57. The summed E-state index contributed by atoms with van der Waals surface area (Å²) in [5.41, 5.74) is 1.97. The Morgan fingerprint density at radius 3 is 2.75 bits per heavy atom. The smallest absolute Gasteiger partial charge is 0.222 e. The van der Waals surface area contributed by atoms with Crippen LogP contribution in [0.5, 0.6) is 0 Å². The minimum absolute atomic E-state index is 0.147. The van der Waals surface area contributed by atoms with Crippen molar-refractivity contribution in [3.05, 3.63) is 36.2 Å². The maximum Gasteiger partial charge on any atom is 0.222 e. The van der Waals surface area contributed by atoms with Crippen LogP contribution in [0.4, 0.5) is 11.6 Å². The summed E-state index contributed by atoms with van der Waals surface area (Å²) in [4.78, 5) is 22.8. The first-order valence-corrected chi connectivity index (χ1v) is 9.54. The van der Waals surface area contributed by atoms with Crippen LogP contribution in [0.25, 0.3) is 16.7 Å². The Bertz CT molecular complexity index is 1050. The molecule has 1 saturated heterocycles. The van der Waals surface area contributed by atoms with E-state index in [1.807, 2.05) is 28.9 Å². The summed E-state index contributed by atoms with van der Waals surface area (Å²) in [6.07, 6.45) is 4.38. The van der Waals surface area contributed by atoms with Gasteiger partial charge in [0.1, 0.15) is 11.6 Å². The molecule has 1 saturated carbocycles. The first-order chi connectivity index (χ1) is 13.6. The van der Waals surface area contributed by atoms with Gasteiger partial charge in [-0.25, -0.2) is 14.6 Å². The molecule has 2 fully saturated rings. The van der Waals surface area contributed by atoms with Gasteiger partial charge in [-0.15, -0.1) is 0 Å². The molecule has 1 aliphatic carbocycles. The number of fused-ring (bicyclic) bond motifs is 1. The van der Waals surface area contributed by atoms with Crippen LogP contribution in [0, 0.1) is 0 Å². The minimum Gasteiger partial charge on any atom is -0.378 e. The van der Waals surface area contributed by atoms with Gasteiger partial charge in [0.15, 0.2) is 5.82 Å². The lowest BCUT2D eigenvalue weighted by atomic mass is 10.1. The fourth-order valence-corrected chi connectivity index (χ4v) is 3.59. The number of anilines is 2. The highest BCUT2D eigenvalue weighted by Gasteiger charge is 2.31. The summed E-state index contributed by atoms with van der Waals surface area (Å²) >= 11 is 0. The number of amides is 1. The lowest BCUT2D eigenvalue weighted by molar-refractivity contribution is -0.114. The van der Waals surface area contributed by atoms with Crippen molar-refractivity contribution in [3.8, 4) is 5.82 Å². The third-order valence-electron chi connectivity index (χ3n) is 5.30. The van der Waals surface area contributed by atoms with Gasteiger partial charge in [0.05, 0.1) is 17.3 Å². The molecule has 1 aliphatic heterocycles. The van der Waals surface area contributed by atoms with Gasteiger partial charge in [0.25, 0.3) is 0 Å². The second-order valence-electron chi connectivity index (χ2n) is 7.46. The molecule has 1 amide bonds. The second kappa shape index (κ2) is 6.56. The van der Waals surface area contributed by atoms with Crippen molar-refractivity contribution in [1.29, 1.82) is 0 Å². The van der Waals surface area contributed by atoms with Crippen molar-refractivity contribution >= 4 is 28.4 Å². The largest absolute Gasteiger partial charge is 0.378 e. The van der Waals surface area contributed by atoms with E-state index in [2.05, 4.69) is 15.2 Å². The zero-order valence-corrected chi connectivity index (χ0v) is 15.9. The van der Waals surface area contributed by atoms with Crippen molar-refractivity contribution in [1.82, 2.24) is 19.7 Å². The van der Waals surface area contributed by atoms with Crippen LogP contribution < -0.4 is 10.2 Å². The van der Waals surface area contributed by atoms with Crippen molar-refractivity contribution in [2.24, 2.45) is 0 Å². The Hall–Kier alpha value is -3.00. The van der Waals surface area contributed by atoms with Gasteiger partial charge in [-0.3, -0.25) is 4.79 Å². The molecule has 0 atom stereocenters. The molecule has 1 N–H and O–H groups in total. The van der Waals surface area contributed by atoms with E-state index < -0.39 is 0 Å². The van der Waals surface area contributed by atoms with Gasteiger partial charge >= 0.3 is 0 Å². The number of ether oxygens (including phenoxy) is 1. The van der Waals surface area contributed by atoms with E-state index in [0.717, 1.165) is 54.2 Å². The number of hydrogen-bond donors (Lipinski definition) is 1. The lowest BCUT2D eigenvalue weighted by Gasteiger charge is -2.39. The van der Waals surface area contributed by atoms with Crippen molar-refractivity contribution < 1.29 is 9.53 Å². The molecule has 0 spiro atoms. The first-order valence-electron chi connectivity index (χ1n) is 9.54. The average molecular weight is 378 g/mol. The Labute approximate surface area is 162 Å². The zero-order valence-electron chi connectivity index (χ0n) is 15.9. The van der Waals surface area contributed by atoms with E-state index in [4.69, 9.17) is 14.8 Å². The quantitative estimate of drug-likeness (QED) is 0.734. The number of hydrogen-bond acceptors (Lipinski definition) is 6. The number of aromatic nitrogens is 4. The maximum absolute atomic E-state index is 11.4. The third kappa shape index (κ3) is 2.99. The number of pyridine rings is 2. The minimum atomic E-state index is -0.147. The van der Waals surface area contributed by atoms with Gasteiger partial charge in [-0.05, 0) is 25.0 Å². The number of rotatable bonds is 5. The molecule has 5 rings (SSSR count). The van der Waals surface area contributed by atoms with Gasteiger partial charge < -0.3 is 15.0 Å². The number of carbonyl (C=O) groups is 1. The van der Waals surface area contributed by atoms with E-state index in [9.17, 15) is 4.79 Å². The van der Waals surface area contributed by atoms with Crippen LogP contribution in [-0.4, -0.2) is 52.0 Å². The first kappa shape index (κ1) is 17.1. The Morgan fingerprint density at radius 2 is 2.04 bits per heavy atom. The molecule has 8 heteroatoms. The van der Waals surface area contributed by atoms with E-state index in [0.29, 0.717) is 11.7 Å². The van der Waals surface area contributed by atoms with Crippen molar-refractivity contribution in [2.45, 2.75) is 31.8 Å². The van der Waals surface area contributed by atoms with E-state index >= 15 is 0 Å². The molecule has 28 heavy (non-hydrogen) atoms. The SMILES string of the molecule is COC1CN(c2cccc(-n3nc(C4CC4)c4cnc(NC(C)=O)cc43)n2)C1. The van der Waals surface area contributed by atoms with Gasteiger partial charge in [-0.1, -0.05) is 6.07 Å². The highest BCUT2D eigenvalue weighted by atomic mass is 16.5. The third-order valence-corrected chi connectivity index (χ3v) is 5.30. The molecule has 3 aromatic rings. The van der Waals surface area contributed by atoms with Crippen molar-refractivity contribution in [3.63, 3.8) is 0 Å². The predicted octanol–water partition coefficient (Wildman–Crippen LogP) is 2.49. The number of carbonyl (C=O) groups excluding carboxylic acids is 1. The summed E-state index contributed by atoms with van der Waals surface area (Å²) in [5.74, 6) is 2.53. The van der Waals surface area contributed by atoms with Crippen LogP contribution in [0.15, 0.2) is 30.5 Å². The van der Waals surface area contributed by atoms with Gasteiger partial charge in [-0.2, -0.15) is 5.10 Å². The Kier molecular flexibility index (Phi) is 4.01.